The topological polar surface area (TPSA) is 23.6 Å². The number of hydrogen-bond donors (Lipinski definition) is 0. The van der Waals surface area contributed by atoms with Gasteiger partial charge >= 0.3 is 0 Å². The van der Waals surface area contributed by atoms with Gasteiger partial charge in [-0.1, -0.05) is 50.1 Å². The first-order valence-corrected chi connectivity index (χ1v) is 8.73. The Kier molecular flexibility index (Phi) is 4.82. The zero-order chi connectivity index (χ0) is 15.4. The van der Waals surface area contributed by atoms with E-state index in [1.165, 1.54) is 18.4 Å². The summed E-state index contributed by atoms with van der Waals surface area (Å²) in [5.41, 5.74) is 1.34. The second-order valence-corrected chi connectivity index (χ2v) is 7.14. The van der Waals surface area contributed by atoms with Gasteiger partial charge < -0.3 is 4.90 Å². The van der Waals surface area contributed by atoms with Crippen LogP contribution < -0.4 is 0 Å². The molecule has 120 valence electrons. The van der Waals surface area contributed by atoms with Crippen molar-refractivity contribution in [1.29, 1.82) is 0 Å². The lowest BCUT2D eigenvalue weighted by molar-refractivity contribution is -0.142. The van der Waals surface area contributed by atoms with E-state index in [0.29, 0.717) is 5.91 Å². The molecular formula is C19H28N2O. The van der Waals surface area contributed by atoms with Crippen molar-refractivity contribution in [2.45, 2.75) is 39.0 Å². The highest BCUT2D eigenvalue weighted by atomic mass is 16.2. The van der Waals surface area contributed by atoms with Gasteiger partial charge in [-0.2, -0.15) is 0 Å². The van der Waals surface area contributed by atoms with E-state index in [1.807, 2.05) is 0 Å². The minimum absolute atomic E-state index is 0.0633. The van der Waals surface area contributed by atoms with Crippen molar-refractivity contribution in [1.82, 2.24) is 9.80 Å². The summed E-state index contributed by atoms with van der Waals surface area (Å²) in [5, 5.41) is 0. The van der Waals surface area contributed by atoms with Gasteiger partial charge in [0.05, 0.1) is 0 Å². The molecule has 1 aliphatic heterocycles. The zero-order valence-corrected chi connectivity index (χ0v) is 13.8. The van der Waals surface area contributed by atoms with Crippen LogP contribution in [0, 0.1) is 5.41 Å². The molecule has 0 atom stereocenters. The maximum absolute atomic E-state index is 12.7. The Labute approximate surface area is 134 Å². The van der Waals surface area contributed by atoms with Gasteiger partial charge in [-0.3, -0.25) is 9.69 Å². The lowest BCUT2D eigenvalue weighted by Crippen LogP contribution is -2.52. The molecular weight excluding hydrogens is 272 g/mol. The minimum atomic E-state index is -0.0633. The minimum Gasteiger partial charge on any atom is -0.340 e. The van der Waals surface area contributed by atoms with E-state index >= 15 is 0 Å². The third-order valence-corrected chi connectivity index (χ3v) is 5.44. The number of piperazine rings is 1. The van der Waals surface area contributed by atoms with Gasteiger partial charge in [0.2, 0.25) is 5.91 Å². The van der Waals surface area contributed by atoms with E-state index in [1.54, 1.807) is 0 Å². The summed E-state index contributed by atoms with van der Waals surface area (Å²) in [7, 11) is 0. The van der Waals surface area contributed by atoms with Crippen molar-refractivity contribution in [3.05, 3.63) is 35.9 Å². The van der Waals surface area contributed by atoms with Crippen molar-refractivity contribution in [2.75, 3.05) is 32.7 Å². The molecule has 0 spiro atoms. The van der Waals surface area contributed by atoms with E-state index in [2.05, 4.69) is 47.1 Å². The number of nitrogens with zero attached hydrogens (tertiary/aromatic N) is 2. The Morgan fingerprint density at radius 2 is 1.68 bits per heavy atom. The molecule has 2 aliphatic rings. The van der Waals surface area contributed by atoms with Crippen molar-refractivity contribution in [3.8, 4) is 0 Å². The van der Waals surface area contributed by atoms with E-state index in [9.17, 15) is 4.79 Å². The summed E-state index contributed by atoms with van der Waals surface area (Å²) >= 11 is 0. The summed E-state index contributed by atoms with van der Waals surface area (Å²) in [6, 6.07) is 10.7. The second-order valence-electron chi connectivity index (χ2n) is 7.14. The van der Waals surface area contributed by atoms with E-state index in [4.69, 9.17) is 0 Å². The number of carbonyl (C=O) groups excluding carboxylic acids is 1. The highest BCUT2D eigenvalue weighted by molar-refractivity contribution is 5.82. The maximum Gasteiger partial charge on any atom is 0.228 e. The first kappa shape index (κ1) is 15.5. The van der Waals surface area contributed by atoms with Crippen LogP contribution in [0.25, 0.3) is 0 Å². The third kappa shape index (κ3) is 3.52. The molecule has 22 heavy (non-hydrogen) atoms. The van der Waals surface area contributed by atoms with E-state index in [-0.39, 0.29) is 5.41 Å². The fraction of sp³-hybridized carbons (Fsp3) is 0.632. The quantitative estimate of drug-likeness (QED) is 0.853. The summed E-state index contributed by atoms with van der Waals surface area (Å²) in [6.45, 7) is 7.13. The average molecular weight is 300 g/mol. The van der Waals surface area contributed by atoms with Gasteiger partial charge in [0.15, 0.2) is 0 Å². The first-order valence-electron chi connectivity index (χ1n) is 8.73. The number of hydrogen-bond acceptors (Lipinski definition) is 2. The molecule has 1 amide bonds. The Balaban J connectivity index is 1.45. The Morgan fingerprint density at radius 1 is 1.05 bits per heavy atom. The molecule has 3 nitrogen and oxygen atoms in total. The lowest BCUT2D eigenvalue weighted by Gasteiger charge is -2.38. The van der Waals surface area contributed by atoms with Crippen LogP contribution in [-0.2, 0) is 11.2 Å². The highest BCUT2D eigenvalue weighted by Crippen LogP contribution is 2.39. The monoisotopic (exact) mass is 300 g/mol. The average Bonchev–Trinajstić information content (AvgIpc) is 3.02. The van der Waals surface area contributed by atoms with Crippen molar-refractivity contribution in [2.24, 2.45) is 5.41 Å². The summed E-state index contributed by atoms with van der Waals surface area (Å²) in [4.78, 5) is 17.3. The predicted octanol–water partition coefficient (Wildman–Crippen LogP) is 2.95. The molecule has 1 saturated heterocycles. The van der Waals surface area contributed by atoms with Gasteiger partial charge in [-0.05, 0) is 24.8 Å². The number of carbonyl (C=O) groups is 1. The van der Waals surface area contributed by atoms with Crippen molar-refractivity contribution >= 4 is 5.91 Å². The van der Waals surface area contributed by atoms with Crippen LogP contribution in [0.3, 0.4) is 0 Å². The molecule has 1 aromatic carbocycles. The number of benzene rings is 1. The molecule has 1 saturated carbocycles. The highest BCUT2D eigenvalue weighted by Gasteiger charge is 2.39. The standard InChI is InChI=1S/C19H28N2O/c1-19(10-5-6-11-19)18(22)21-15-13-20(14-16-21)12-9-17-7-3-2-4-8-17/h2-4,7-8H,5-6,9-16H2,1H3. The Morgan fingerprint density at radius 3 is 2.32 bits per heavy atom. The zero-order valence-electron chi connectivity index (χ0n) is 13.8. The SMILES string of the molecule is CC1(C(=O)N2CCN(CCc3ccccc3)CC2)CCCC1. The first-order chi connectivity index (χ1) is 10.7. The molecule has 1 aromatic rings. The molecule has 3 heteroatoms. The summed E-state index contributed by atoms with van der Waals surface area (Å²) in [6.07, 6.45) is 5.71. The molecule has 0 bridgehead atoms. The molecule has 3 rings (SSSR count). The molecule has 2 fully saturated rings. The molecule has 0 aromatic heterocycles. The fourth-order valence-corrected chi connectivity index (χ4v) is 3.86. The third-order valence-electron chi connectivity index (χ3n) is 5.44. The Bertz CT molecular complexity index is 485. The molecule has 0 N–H and O–H groups in total. The lowest BCUT2D eigenvalue weighted by atomic mass is 9.87. The van der Waals surface area contributed by atoms with Crippen LogP contribution in [-0.4, -0.2) is 48.4 Å². The van der Waals surface area contributed by atoms with Crippen molar-refractivity contribution in [3.63, 3.8) is 0 Å². The van der Waals surface area contributed by atoms with E-state index in [0.717, 1.165) is 52.0 Å². The van der Waals surface area contributed by atoms with Crippen molar-refractivity contribution < 1.29 is 4.79 Å². The second kappa shape index (κ2) is 6.82. The summed E-state index contributed by atoms with van der Waals surface area (Å²) < 4.78 is 0. The van der Waals surface area contributed by atoms with E-state index < -0.39 is 0 Å². The number of amides is 1. The van der Waals surface area contributed by atoms with Gasteiger partial charge in [-0.15, -0.1) is 0 Å². The van der Waals surface area contributed by atoms with Crippen LogP contribution in [0.4, 0.5) is 0 Å². The predicted molar refractivity (Wildman–Crippen MR) is 89.7 cm³/mol. The van der Waals surface area contributed by atoms with Gasteiger partial charge in [0.25, 0.3) is 0 Å². The Hall–Kier alpha value is -1.35. The molecule has 1 aliphatic carbocycles. The van der Waals surface area contributed by atoms with Gasteiger partial charge in [-0.25, -0.2) is 0 Å². The molecule has 1 heterocycles. The smallest absolute Gasteiger partial charge is 0.228 e. The van der Waals surface area contributed by atoms with Crippen LogP contribution in [0.1, 0.15) is 38.2 Å². The van der Waals surface area contributed by atoms with Crippen LogP contribution in [0.5, 0.6) is 0 Å². The summed E-state index contributed by atoms with van der Waals surface area (Å²) in [5.74, 6) is 0.410. The molecule has 0 radical (unpaired) electrons. The molecule has 0 unspecified atom stereocenters. The van der Waals surface area contributed by atoms with Crippen LogP contribution in [0.15, 0.2) is 30.3 Å². The van der Waals surface area contributed by atoms with Gasteiger partial charge in [0, 0.05) is 38.1 Å². The number of rotatable bonds is 4. The fourth-order valence-electron chi connectivity index (χ4n) is 3.86. The van der Waals surface area contributed by atoms with Crippen LogP contribution in [0.2, 0.25) is 0 Å². The maximum atomic E-state index is 12.7. The van der Waals surface area contributed by atoms with Crippen LogP contribution >= 0.6 is 0 Å². The normalized spacial score (nSPS) is 22.0. The largest absolute Gasteiger partial charge is 0.340 e. The van der Waals surface area contributed by atoms with Gasteiger partial charge in [0.1, 0.15) is 0 Å².